The highest BCUT2D eigenvalue weighted by molar-refractivity contribution is 5.15. The molecule has 2 aliphatic rings. The maximum absolute atomic E-state index is 3.80. The topological polar surface area (TPSA) is 15.3 Å². The highest BCUT2D eigenvalue weighted by Crippen LogP contribution is 2.31. The van der Waals surface area contributed by atoms with Crippen molar-refractivity contribution in [3.05, 3.63) is 35.9 Å². The van der Waals surface area contributed by atoms with Crippen LogP contribution in [-0.2, 0) is 6.54 Å². The molecule has 2 nitrogen and oxygen atoms in total. The van der Waals surface area contributed by atoms with Gasteiger partial charge in [0.2, 0.25) is 0 Å². The van der Waals surface area contributed by atoms with Gasteiger partial charge in [-0.2, -0.15) is 0 Å². The highest BCUT2D eigenvalue weighted by Gasteiger charge is 2.37. The molecule has 3 atom stereocenters. The van der Waals surface area contributed by atoms with E-state index in [1.165, 1.54) is 44.3 Å². The van der Waals surface area contributed by atoms with Crippen LogP contribution in [0.2, 0.25) is 0 Å². The van der Waals surface area contributed by atoms with Crippen molar-refractivity contribution in [1.29, 1.82) is 0 Å². The lowest BCUT2D eigenvalue weighted by Crippen LogP contribution is -2.59. The predicted octanol–water partition coefficient (Wildman–Crippen LogP) is 3.04. The summed E-state index contributed by atoms with van der Waals surface area (Å²) in [5, 5.41) is 3.80. The summed E-state index contributed by atoms with van der Waals surface area (Å²) >= 11 is 0. The van der Waals surface area contributed by atoms with E-state index in [4.69, 9.17) is 0 Å². The number of fused-ring (bicyclic) bond motifs is 1. The van der Waals surface area contributed by atoms with Crippen molar-refractivity contribution < 1.29 is 0 Å². The molecular formula is C17H26N2. The molecule has 1 N–H and O–H groups in total. The fraction of sp³-hybridized carbons (Fsp3) is 0.647. The second kappa shape index (κ2) is 6.06. The van der Waals surface area contributed by atoms with Crippen molar-refractivity contribution in [2.75, 3.05) is 13.1 Å². The van der Waals surface area contributed by atoms with Crippen LogP contribution in [0.3, 0.4) is 0 Å². The van der Waals surface area contributed by atoms with Gasteiger partial charge in [0.25, 0.3) is 0 Å². The van der Waals surface area contributed by atoms with Crippen LogP contribution in [0.15, 0.2) is 30.3 Å². The normalized spacial score (nSPS) is 31.9. The number of nitrogens with zero attached hydrogens (tertiary/aromatic N) is 1. The number of hydrogen-bond acceptors (Lipinski definition) is 2. The number of rotatable bonds is 3. The average molecular weight is 258 g/mol. The van der Waals surface area contributed by atoms with Gasteiger partial charge in [0.1, 0.15) is 0 Å². The third kappa shape index (κ3) is 2.85. The second-order valence-corrected chi connectivity index (χ2v) is 6.10. The quantitative estimate of drug-likeness (QED) is 0.896. The number of piperidine rings is 2. The molecule has 104 valence electrons. The van der Waals surface area contributed by atoms with E-state index in [0.717, 1.165) is 24.5 Å². The van der Waals surface area contributed by atoms with Crippen molar-refractivity contribution >= 4 is 0 Å². The second-order valence-electron chi connectivity index (χ2n) is 6.10. The van der Waals surface area contributed by atoms with Crippen LogP contribution in [-0.4, -0.2) is 30.1 Å². The predicted molar refractivity (Wildman–Crippen MR) is 80.1 cm³/mol. The Labute approximate surface area is 117 Å². The highest BCUT2D eigenvalue weighted by atomic mass is 15.2. The van der Waals surface area contributed by atoms with E-state index >= 15 is 0 Å². The molecule has 2 saturated heterocycles. The summed E-state index contributed by atoms with van der Waals surface area (Å²) < 4.78 is 0. The van der Waals surface area contributed by atoms with Crippen molar-refractivity contribution in [3.63, 3.8) is 0 Å². The zero-order chi connectivity index (χ0) is 13.1. The smallest absolute Gasteiger partial charge is 0.0252 e. The Kier molecular flexibility index (Phi) is 4.19. The summed E-state index contributed by atoms with van der Waals surface area (Å²) in [4.78, 5) is 2.70. The summed E-state index contributed by atoms with van der Waals surface area (Å²) in [5.41, 5.74) is 1.45. The van der Waals surface area contributed by atoms with Gasteiger partial charge in [0.15, 0.2) is 0 Å². The molecule has 1 aromatic carbocycles. The molecule has 3 rings (SSSR count). The van der Waals surface area contributed by atoms with Crippen LogP contribution in [0.4, 0.5) is 0 Å². The van der Waals surface area contributed by atoms with E-state index in [9.17, 15) is 0 Å². The monoisotopic (exact) mass is 258 g/mol. The van der Waals surface area contributed by atoms with Gasteiger partial charge >= 0.3 is 0 Å². The largest absolute Gasteiger partial charge is 0.312 e. The van der Waals surface area contributed by atoms with E-state index in [1.54, 1.807) is 0 Å². The summed E-state index contributed by atoms with van der Waals surface area (Å²) in [5.74, 6) is 0.922. The maximum Gasteiger partial charge on any atom is 0.0252 e. The minimum Gasteiger partial charge on any atom is -0.312 e. The van der Waals surface area contributed by atoms with Gasteiger partial charge in [-0.3, -0.25) is 4.90 Å². The fourth-order valence-corrected chi connectivity index (χ4v) is 4.00. The van der Waals surface area contributed by atoms with E-state index < -0.39 is 0 Å². The number of hydrogen-bond donors (Lipinski definition) is 1. The Balaban J connectivity index is 1.71. The molecule has 1 aromatic rings. The van der Waals surface area contributed by atoms with E-state index in [-0.39, 0.29) is 0 Å². The first kappa shape index (κ1) is 13.1. The maximum atomic E-state index is 3.80. The van der Waals surface area contributed by atoms with Crippen molar-refractivity contribution in [3.8, 4) is 0 Å². The molecule has 19 heavy (non-hydrogen) atoms. The van der Waals surface area contributed by atoms with Gasteiger partial charge in [0, 0.05) is 18.6 Å². The molecule has 0 spiro atoms. The van der Waals surface area contributed by atoms with Gasteiger partial charge in [-0.1, -0.05) is 37.3 Å². The summed E-state index contributed by atoms with van der Waals surface area (Å²) in [6.07, 6.45) is 5.45. The van der Waals surface area contributed by atoms with Crippen molar-refractivity contribution in [2.45, 2.75) is 51.2 Å². The molecular weight excluding hydrogens is 232 g/mol. The Morgan fingerprint density at radius 1 is 1.21 bits per heavy atom. The molecule has 0 amide bonds. The van der Waals surface area contributed by atoms with Gasteiger partial charge in [-0.05, 0) is 50.3 Å². The number of likely N-dealkylation sites (tertiary alicyclic amines) is 1. The lowest BCUT2D eigenvalue weighted by atomic mass is 9.79. The van der Waals surface area contributed by atoms with Crippen LogP contribution in [0.25, 0.3) is 0 Å². The van der Waals surface area contributed by atoms with Crippen LogP contribution >= 0.6 is 0 Å². The molecule has 2 aliphatic heterocycles. The van der Waals surface area contributed by atoms with E-state index in [0.29, 0.717) is 0 Å². The number of nitrogens with one attached hydrogen (secondary N) is 1. The Hall–Kier alpha value is -0.860. The molecule has 0 aromatic heterocycles. The SMILES string of the molecule is CCC1C2NCCCC2CCN1Cc1ccccc1. The standard InChI is InChI=1S/C17H26N2/c1-2-16-17-15(9-6-11-18-17)10-12-19(16)13-14-7-4-3-5-8-14/h3-5,7-8,15-18H,2,6,9-13H2,1H3. The van der Waals surface area contributed by atoms with Gasteiger partial charge < -0.3 is 5.32 Å². The summed E-state index contributed by atoms with van der Waals surface area (Å²) in [6.45, 7) is 5.96. The first-order chi connectivity index (χ1) is 9.38. The molecule has 0 bridgehead atoms. The minimum absolute atomic E-state index is 0.722. The summed E-state index contributed by atoms with van der Waals surface area (Å²) in [6, 6.07) is 12.4. The van der Waals surface area contributed by atoms with Gasteiger partial charge in [0.05, 0.1) is 0 Å². The minimum atomic E-state index is 0.722. The summed E-state index contributed by atoms with van der Waals surface area (Å²) in [7, 11) is 0. The molecule has 0 aliphatic carbocycles. The van der Waals surface area contributed by atoms with Gasteiger partial charge in [-0.15, -0.1) is 0 Å². The molecule has 2 heteroatoms. The van der Waals surface area contributed by atoms with Crippen LogP contribution in [0.5, 0.6) is 0 Å². The third-order valence-electron chi connectivity index (χ3n) is 4.96. The van der Waals surface area contributed by atoms with E-state index in [2.05, 4.69) is 47.5 Å². The lowest BCUT2D eigenvalue weighted by molar-refractivity contribution is 0.0460. The number of benzene rings is 1. The average Bonchev–Trinajstić information content (AvgIpc) is 2.48. The molecule has 3 unspecified atom stereocenters. The fourth-order valence-electron chi connectivity index (χ4n) is 4.00. The van der Waals surface area contributed by atoms with Crippen molar-refractivity contribution in [2.24, 2.45) is 5.92 Å². The van der Waals surface area contributed by atoms with Crippen LogP contribution < -0.4 is 5.32 Å². The molecule has 2 heterocycles. The zero-order valence-corrected chi connectivity index (χ0v) is 12.0. The first-order valence-electron chi connectivity index (χ1n) is 7.90. The molecule has 2 fully saturated rings. The Morgan fingerprint density at radius 3 is 2.84 bits per heavy atom. The van der Waals surface area contributed by atoms with Crippen LogP contribution in [0.1, 0.15) is 38.2 Å². The van der Waals surface area contributed by atoms with Crippen LogP contribution in [0, 0.1) is 5.92 Å². The molecule has 0 saturated carbocycles. The van der Waals surface area contributed by atoms with Gasteiger partial charge in [-0.25, -0.2) is 0 Å². The third-order valence-corrected chi connectivity index (χ3v) is 4.96. The lowest BCUT2D eigenvalue weighted by Gasteiger charge is -2.48. The zero-order valence-electron chi connectivity index (χ0n) is 12.0. The van der Waals surface area contributed by atoms with E-state index in [1.807, 2.05) is 0 Å². The Morgan fingerprint density at radius 2 is 2.05 bits per heavy atom. The van der Waals surface area contributed by atoms with Crippen molar-refractivity contribution in [1.82, 2.24) is 10.2 Å². The Bertz CT molecular complexity index is 390. The molecule has 0 radical (unpaired) electrons. The first-order valence-corrected chi connectivity index (χ1v) is 7.90.